The van der Waals surface area contributed by atoms with E-state index in [0.717, 1.165) is 24.8 Å². The summed E-state index contributed by atoms with van der Waals surface area (Å²) in [6.07, 6.45) is 0. The summed E-state index contributed by atoms with van der Waals surface area (Å²) in [5, 5.41) is 4.20. The molecule has 0 radical (unpaired) electrons. The molecule has 0 amide bonds. The molecule has 0 aromatic heterocycles. The molecular formula is C10H11ClINO. The molecule has 1 saturated heterocycles. The monoisotopic (exact) mass is 323 g/mol. The van der Waals surface area contributed by atoms with Crippen LogP contribution in [0.1, 0.15) is 11.6 Å². The highest BCUT2D eigenvalue weighted by atomic mass is 127. The molecule has 4 heteroatoms. The SMILES string of the molecule is Clc1ccc(I)c(C2COCCN2)c1. The molecule has 1 atom stereocenters. The largest absolute Gasteiger partial charge is 0.378 e. The maximum atomic E-state index is 5.96. The van der Waals surface area contributed by atoms with Crippen LogP contribution in [0.2, 0.25) is 5.02 Å². The molecule has 1 aromatic rings. The van der Waals surface area contributed by atoms with Crippen LogP contribution < -0.4 is 5.32 Å². The fraction of sp³-hybridized carbons (Fsp3) is 0.400. The molecule has 2 rings (SSSR count). The minimum atomic E-state index is 0.286. The molecule has 2 nitrogen and oxygen atoms in total. The smallest absolute Gasteiger partial charge is 0.0662 e. The predicted molar refractivity (Wildman–Crippen MR) is 65.7 cm³/mol. The average molecular weight is 324 g/mol. The van der Waals surface area contributed by atoms with Gasteiger partial charge in [-0.2, -0.15) is 0 Å². The topological polar surface area (TPSA) is 21.3 Å². The molecule has 1 unspecified atom stereocenters. The number of ether oxygens (including phenoxy) is 1. The molecule has 1 aromatic carbocycles. The lowest BCUT2D eigenvalue weighted by atomic mass is 10.1. The Kier molecular flexibility index (Phi) is 3.65. The first-order valence-electron chi connectivity index (χ1n) is 4.53. The zero-order valence-electron chi connectivity index (χ0n) is 7.59. The highest BCUT2D eigenvalue weighted by molar-refractivity contribution is 14.1. The van der Waals surface area contributed by atoms with Crippen molar-refractivity contribution < 1.29 is 4.74 Å². The van der Waals surface area contributed by atoms with E-state index in [2.05, 4.69) is 27.9 Å². The lowest BCUT2D eigenvalue weighted by Gasteiger charge is -2.25. The van der Waals surface area contributed by atoms with Crippen LogP contribution >= 0.6 is 34.2 Å². The van der Waals surface area contributed by atoms with Gasteiger partial charge in [-0.05, 0) is 46.4 Å². The van der Waals surface area contributed by atoms with Crippen LogP contribution in [0, 0.1) is 3.57 Å². The Labute approximate surface area is 102 Å². The third kappa shape index (κ3) is 2.39. The van der Waals surface area contributed by atoms with Gasteiger partial charge in [-0.15, -0.1) is 0 Å². The summed E-state index contributed by atoms with van der Waals surface area (Å²) in [5.74, 6) is 0. The summed E-state index contributed by atoms with van der Waals surface area (Å²) in [6, 6.07) is 6.25. The molecule has 14 heavy (non-hydrogen) atoms. The summed E-state index contributed by atoms with van der Waals surface area (Å²) >= 11 is 8.29. The third-order valence-electron chi connectivity index (χ3n) is 2.26. The quantitative estimate of drug-likeness (QED) is 0.802. The Morgan fingerprint density at radius 1 is 1.50 bits per heavy atom. The van der Waals surface area contributed by atoms with Gasteiger partial charge < -0.3 is 10.1 Å². The number of halogens is 2. The van der Waals surface area contributed by atoms with Crippen molar-refractivity contribution >= 4 is 34.2 Å². The minimum absolute atomic E-state index is 0.286. The van der Waals surface area contributed by atoms with E-state index < -0.39 is 0 Å². The fourth-order valence-electron chi connectivity index (χ4n) is 1.55. The van der Waals surface area contributed by atoms with Gasteiger partial charge in [0.25, 0.3) is 0 Å². The van der Waals surface area contributed by atoms with Gasteiger partial charge in [0.2, 0.25) is 0 Å². The minimum Gasteiger partial charge on any atom is -0.378 e. The highest BCUT2D eigenvalue weighted by Gasteiger charge is 2.17. The second-order valence-electron chi connectivity index (χ2n) is 3.25. The third-order valence-corrected chi connectivity index (χ3v) is 3.47. The Morgan fingerprint density at radius 2 is 2.36 bits per heavy atom. The standard InChI is InChI=1S/C10H11ClINO/c11-7-1-2-9(12)8(5-7)10-6-14-4-3-13-10/h1-2,5,10,13H,3-4,6H2. The van der Waals surface area contributed by atoms with Gasteiger partial charge in [-0.25, -0.2) is 0 Å². The van der Waals surface area contributed by atoms with Gasteiger partial charge in [-0.1, -0.05) is 11.6 Å². The highest BCUT2D eigenvalue weighted by Crippen LogP contribution is 2.25. The van der Waals surface area contributed by atoms with E-state index in [1.807, 2.05) is 18.2 Å². The van der Waals surface area contributed by atoms with Crippen molar-refractivity contribution in [3.05, 3.63) is 32.4 Å². The van der Waals surface area contributed by atoms with E-state index in [9.17, 15) is 0 Å². The molecule has 1 aliphatic heterocycles. The molecule has 1 fully saturated rings. The van der Waals surface area contributed by atoms with Crippen LogP contribution in [0.3, 0.4) is 0 Å². The maximum absolute atomic E-state index is 5.96. The molecular weight excluding hydrogens is 312 g/mol. The molecule has 76 valence electrons. The van der Waals surface area contributed by atoms with Crippen molar-refractivity contribution in [2.24, 2.45) is 0 Å². The first kappa shape index (κ1) is 10.7. The Hall–Kier alpha value is 0.160. The second-order valence-corrected chi connectivity index (χ2v) is 4.85. The first-order valence-corrected chi connectivity index (χ1v) is 5.99. The van der Waals surface area contributed by atoms with Crippen LogP contribution in [-0.2, 0) is 4.74 Å². The van der Waals surface area contributed by atoms with Gasteiger partial charge >= 0.3 is 0 Å². The van der Waals surface area contributed by atoms with E-state index in [0.29, 0.717) is 0 Å². The Morgan fingerprint density at radius 3 is 3.07 bits per heavy atom. The Bertz CT molecular complexity index is 326. The molecule has 0 spiro atoms. The van der Waals surface area contributed by atoms with Crippen LogP contribution in [0.25, 0.3) is 0 Å². The summed E-state index contributed by atoms with van der Waals surface area (Å²) < 4.78 is 6.65. The van der Waals surface area contributed by atoms with Crippen molar-refractivity contribution in [1.82, 2.24) is 5.32 Å². The van der Waals surface area contributed by atoms with E-state index >= 15 is 0 Å². The van der Waals surface area contributed by atoms with Crippen molar-refractivity contribution in [2.75, 3.05) is 19.8 Å². The summed E-state index contributed by atoms with van der Waals surface area (Å²) in [7, 11) is 0. The normalized spacial score (nSPS) is 22.3. The summed E-state index contributed by atoms with van der Waals surface area (Å²) in [6.45, 7) is 2.44. The van der Waals surface area contributed by atoms with Crippen molar-refractivity contribution in [3.8, 4) is 0 Å². The fourth-order valence-corrected chi connectivity index (χ4v) is 2.44. The first-order chi connectivity index (χ1) is 6.77. The number of hydrogen-bond acceptors (Lipinski definition) is 2. The second kappa shape index (κ2) is 4.79. The van der Waals surface area contributed by atoms with Gasteiger partial charge in [0.1, 0.15) is 0 Å². The molecule has 0 saturated carbocycles. The van der Waals surface area contributed by atoms with Crippen molar-refractivity contribution in [1.29, 1.82) is 0 Å². The average Bonchev–Trinajstić information content (AvgIpc) is 2.23. The van der Waals surface area contributed by atoms with Gasteiger partial charge in [-0.3, -0.25) is 0 Å². The van der Waals surface area contributed by atoms with Crippen LogP contribution in [0.4, 0.5) is 0 Å². The van der Waals surface area contributed by atoms with Gasteiger partial charge in [0.05, 0.1) is 19.3 Å². The van der Waals surface area contributed by atoms with Gasteiger partial charge in [0.15, 0.2) is 0 Å². The zero-order valence-corrected chi connectivity index (χ0v) is 10.5. The number of rotatable bonds is 1. The van der Waals surface area contributed by atoms with Crippen LogP contribution in [0.15, 0.2) is 18.2 Å². The molecule has 1 aliphatic rings. The molecule has 0 aliphatic carbocycles. The van der Waals surface area contributed by atoms with Crippen molar-refractivity contribution in [2.45, 2.75) is 6.04 Å². The van der Waals surface area contributed by atoms with Crippen LogP contribution in [0.5, 0.6) is 0 Å². The number of benzene rings is 1. The van der Waals surface area contributed by atoms with E-state index in [-0.39, 0.29) is 6.04 Å². The molecule has 1 N–H and O–H groups in total. The van der Waals surface area contributed by atoms with E-state index in [1.54, 1.807) is 0 Å². The summed E-state index contributed by atoms with van der Waals surface area (Å²) in [4.78, 5) is 0. The predicted octanol–water partition coefficient (Wildman–Crippen LogP) is 2.61. The number of nitrogens with one attached hydrogen (secondary N) is 1. The Balaban J connectivity index is 2.24. The maximum Gasteiger partial charge on any atom is 0.0662 e. The van der Waals surface area contributed by atoms with E-state index in [1.165, 1.54) is 9.13 Å². The lowest BCUT2D eigenvalue weighted by molar-refractivity contribution is 0.0766. The number of morpholine rings is 1. The zero-order chi connectivity index (χ0) is 9.97. The molecule has 0 bridgehead atoms. The van der Waals surface area contributed by atoms with E-state index in [4.69, 9.17) is 16.3 Å². The number of hydrogen-bond donors (Lipinski definition) is 1. The van der Waals surface area contributed by atoms with Crippen LogP contribution in [-0.4, -0.2) is 19.8 Å². The van der Waals surface area contributed by atoms with Crippen molar-refractivity contribution in [3.63, 3.8) is 0 Å². The molecule has 1 heterocycles. The van der Waals surface area contributed by atoms with Gasteiger partial charge in [0, 0.05) is 15.1 Å². The summed E-state index contributed by atoms with van der Waals surface area (Å²) in [5.41, 5.74) is 1.23. The lowest BCUT2D eigenvalue weighted by Crippen LogP contribution is -2.34.